The first kappa shape index (κ1) is 26.7. The van der Waals surface area contributed by atoms with Gasteiger partial charge in [-0.3, -0.25) is 4.99 Å². The lowest BCUT2D eigenvalue weighted by Gasteiger charge is -2.34. The minimum atomic E-state index is -0.167. The Bertz CT molecular complexity index is 2020. The van der Waals surface area contributed by atoms with Crippen LogP contribution in [0, 0.1) is 0 Å². The van der Waals surface area contributed by atoms with Gasteiger partial charge in [-0.05, 0) is 57.1 Å². The van der Waals surface area contributed by atoms with Crippen molar-refractivity contribution in [2.45, 2.75) is 35.2 Å². The molecule has 0 radical (unpaired) electrons. The van der Waals surface area contributed by atoms with Crippen molar-refractivity contribution >= 4 is 23.2 Å². The van der Waals surface area contributed by atoms with Gasteiger partial charge in [0.05, 0.1) is 5.71 Å². The van der Waals surface area contributed by atoms with Gasteiger partial charge in [0.15, 0.2) is 0 Å². The highest BCUT2D eigenvalue weighted by molar-refractivity contribution is 7.99. The minimum absolute atomic E-state index is 0.0138. The largest absolute Gasteiger partial charge is 0.360 e. The van der Waals surface area contributed by atoms with E-state index < -0.39 is 0 Å². The second-order valence-corrected chi connectivity index (χ2v) is 13.2. The van der Waals surface area contributed by atoms with E-state index in [2.05, 4.69) is 165 Å². The fourth-order valence-corrected chi connectivity index (χ4v) is 7.96. The second kappa shape index (κ2) is 10.7. The lowest BCUT2D eigenvalue weighted by molar-refractivity contribution is 0.607. The van der Waals surface area contributed by atoms with Crippen LogP contribution in [-0.4, -0.2) is 5.71 Å². The van der Waals surface area contributed by atoms with Crippen molar-refractivity contribution in [1.29, 1.82) is 0 Å². The fourth-order valence-electron chi connectivity index (χ4n) is 6.53. The molecule has 0 bridgehead atoms. The van der Waals surface area contributed by atoms with Gasteiger partial charge >= 0.3 is 0 Å². The molecule has 0 fully saturated rings. The fraction of sp³-hybridized carbons (Fsp3) is 0.0976. The molecule has 6 aromatic rings. The summed E-state index contributed by atoms with van der Waals surface area (Å²) in [5, 5.41) is 3.68. The van der Waals surface area contributed by atoms with E-state index in [0.717, 1.165) is 28.1 Å². The van der Waals surface area contributed by atoms with Crippen molar-refractivity contribution in [3.05, 3.63) is 173 Å². The zero-order valence-electron chi connectivity index (χ0n) is 24.8. The average molecular weight is 585 g/mol. The first-order valence-corrected chi connectivity index (χ1v) is 16.0. The Hall–Kier alpha value is -4.86. The molecule has 1 atom stereocenters. The van der Waals surface area contributed by atoms with Crippen LogP contribution in [0.4, 0.5) is 5.69 Å². The number of rotatable bonds is 4. The van der Waals surface area contributed by atoms with Crippen LogP contribution in [0.5, 0.6) is 0 Å². The SMILES string of the molecule is CC1(C)c2ccccc2Sc2cc(-c3ccc(C4N=C(c5ccc(-c6ccccc6)cc5)c5ccccc5N4)cc3)ccc21. The summed E-state index contributed by atoms with van der Waals surface area (Å²) >= 11 is 1.88. The van der Waals surface area contributed by atoms with Gasteiger partial charge in [-0.25, -0.2) is 0 Å². The number of nitrogens with zero attached hydrogens (tertiary/aromatic N) is 1. The molecular weight excluding hydrogens is 553 g/mol. The summed E-state index contributed by atoms with van der Waals surface area (Å²) in [6, 6.07) is 52.4. The molecule has 0 saturated carbocycles. The highest BCUT2D eigenvalue weighted by atomic mass is 32.2. The predicted molar refractivity (Wildman–Crippen MR) is 185 cm³/mol. The summed E-state index contributed by atoms with van der Waals surface area (Å²) in [7, 11) is 0. The predicted octanol–water partition coefficient (Wildman–Crippen LogP) is 10.8. The summed E-state index contributed by atoms with van der Waals surface area (Å²) in [6.07, 6.45) is -0.167. The number of nitrogens with one attached hydrogen (secondary N) is 1. The molecule has 3 heteroatoms. The topological polar surface area (TPSA) is 24.4 Å². The summed E-state index contributed by atoms with van der Waals surface area (Å²) in [6.45, 7) is 4.67. The van der Waals surface area contributed by atoms with Crippen LogP contribution in [0.3, 0.4) is 0 Å². The Kier molecular flexibility index (Phi) is 6.50. The Morgan fingerprint density at radius 2 is 1.14 bits per heavy atom. The van der Waals surface area contributed by atoms with Gasteiger partial charge < -0.3 is 5.32 Å². The van der Waals surface area contributed by atoms with Gasteiger partial charge in [0.2, 0.25) is 0 Å². The standard InChI is InChI=1S/C41H32N2S/c1-41(2)34-13-7-9-15-37(34)44-38-26-32(24-25-35(38)41)29-18-22-31(23-19-29)40-42-36-14-8-6-12-33(36)39(43-40)30-20-16-28(17-21-30)27-10-4-3-5-11-27/h3-26,40,42H,1-2H3. The molecule has 0 aliphatic carbocycles. The van der Waals surface area contributed by atoms with E-state index in [1.54, 1.807) is 0 Å². The van der Waals surface area contributed by atoms with Gasteiger partial charge in [0, 0.05) is 32.0 Å². The smallest absolute Gasteiger partial charge is 0.145 e. The molecule has 2 heterocycles. The Balaban J connectivity index is 1.10. The molecule has 1 N–H and O–H groups in total. The first-order chi connectivity index (χ1) is 21.5. The van der Waals surface area contributed by atoms with Crippen molar-refractivity contribution in [2.75, 3.05) is 5.32 Å². The summed E-state index contributed by atoms with van der Waals surface area (Å²) in [5.41, 5.74) is 13.2. The van der Waals surface area contributed by atoms with Gasteiger partial charge in [-0.2, -0.15) is 0 Å². The van der Waals surface area contributed by atoms with E-state index in [9.17, 15) is 0 Å². The molecule has 0 amide bonds. The molecule has 0 aromatic heterocycles. The Labute approximate surface area is 263 Å². The number of hydrogen-bond donors (Lipinski definition) is 1. The number of para-hydroxylation sites is 1. The van der Waals surface area contributed by atoms with E-state index in [-0.39, 0.29) is 11.6 Å². The summed E-state index contributed by atoms with van der Waals surface area (Å²) in [5.74, 6) is 0. The molecule has 1 unspecified atom stereocenters. The van der Waals surface area contributed by atoms with Crippen LogP contribution in [0.2, 0.25) is 0 Å². The van der Waals surface area contributed by atoms with Gasteiger partial charge in [0.25, 0.3) is 0 Å². The molecule has 212 valence electrons. The monoisotopic (exact) mass is 584 g/mol. The quantitative estimate of drug-likeness (QED) is 0.223. The lowest BCUT2D eigenvalue weighted by atomic mass is 9.77. The van der Waals surface area contributed by atoms with E-state index in [1.165, 1.54) is 43.2 Å². The second-order valence-electron chi connectivity index (χ2n) is 12.1. The number of aliphatic imine (C=N–C) groups is 1. The van der Waals surface area contributed by atoms with Crippen molar-refractivity contribution in [3.63, 3.8) is 0 Å². The zero-order chi connectivity index (χ0) is 29.7. The third kappa shape index (κ3) is 4.65. The van der Waals surface area contributed by atoms with Crippen molar-refractivity contribution in [2.24, 2.45) is 4.99 Å². The molecule has 2 aliphatic heterocycles. The van der Waals surface area contributed by atoms with Crippen molar-refractivity contribution in [1.82, 2.24) is 0 Å². The van der Waals surface area contributed by atoms with Gasteiger partial charge in [-0.1, -0.05) is 153 Å². The first-order valence-electron chi connectivity index (χ1n) is 15.2. The van der Waals surface area contributed by atoms with Crippen molar-refractivity contribution < 1.29 is 0 Å². The molecule has 0 spiro atoms. The van der Waals surface area contributed by atoms with Crippen LogP contribution in [0.15, 0.2) is 160 Å². The summed E-state index contributed by atoms with van der Waals surface area (Å²) < 4.78 is 0. The third-order valence-corrected chi connectivity index (χ3v) is 10.1. The number of fused-ring (bicyclic) bond motifs is 3. The normalized spacial score (nSPS) is 16.1. The van der Waals surface area contributed by atoms with Crippen LogP contribution in [-0.2, 0) is 5.41 Å². The molecule has 8 rings (SSSR count). The van der Waals surface area contributed by atoms with E-state index in [0.29, 0.717) is 0 Å². The molecular formula is C41H32N2S. The highest BCUT2D eigenvalue weighted by Crippen LogP contribution is 2.49. The molecule has 2 nitrogen and oxygen atoms in total. The molecule has 0 saturated heterocycles. The van der Waals surface area contributed by atoms with Gasteiger partial charge in [0.1, 0.15) is 6.17 Å². The highest BCUT2D eigenvalue weighted by Gasteiger charge is 2.33. The summed E-state index contributed by atoms with van der Waals surface area (Å²) in [4.78, 5) is 7.96. The maximum atomic E-state index is 5.27. The van der Waals surface area contributed by atoms with Crippen molar-refractivity contribution in [3.8, 4) is 22.3 Å². The van der Waals surface area contributed by atoms with Gasteiger partial charge in [-0.15, -0.1) is 0 Å². The van der Waals surface area contributed by atoms with Crippen LogP contribution in [0.25, 0.3) is 22.3 Å². The average Bonchev–Trinajstić information content (AvgIpc) is 3.08. The van der Waals surface area contributed by atoms with Crippen LogP contribution < -0.4 is 5.32 Å². The number of hydrogen-bond acceptors (Lipinski definition) is 3. The maximum Gasteiger partial charge on any atom is 0.145 e. The third-order valence-electron chi connectivity index (χ3n) is 8.99. The molecule has 44 heavy (non-hydrogen) atoms. The minimum Gasteiger partial charge on any atom is -0.360 e. The zero-order valence-corrected chi connectivity index (χ0v) is 25.6. The molecule has 6 aromatic carbocycles. The molecule has 2 aliphatic rings. The maximum absolute atomic E-state index is 5.27. The number of anilines is 1. The van der Waals surface area contributed by atoms with E-state index >= 15 is 0 Å². The van der Waals surface area contributed by atoms with Crippen LogP contribution in [0.1, 0.15) is 47.8 Å². The van der Waals surface area contributed by atoms with E-state index in [4.69, 9.17) is 4.99 Å². The Morgan fingerprint density at radius 1 is 0.545 bits per heavy atom. The van der Waals surface area contributed by atoms with Crippen LogP contribution >= 0.6 is 11.8 Å². The van der Waals surface area contributed by atoms with E-state index in [1.807, 2.05) is 11.8 Å². The number of benzene rings is 6. The Morgan fingerprint density at radius 3 is 1.95 bits per heavy atom. The lowest BCUT2D eigenvalue weighted by Crippen LogP contribution is -2.23.